The first-order chi connectivity index (χ1) is 12.6. The van der Waals surface area contributed by atoms with Gasteiger partial charge in [-0.25, -0.2) is 0 Å². The van der Waals surface area contributed by atoms with Gasteiger partial charge in [0.2, 0.25) is 0 Å². The molecule has 0 amide bonds. The van der Waals surface area contributed by atoms with E-state index in [4.69, 9.17) is 4.74 Å². The molecular formula is C19H27NO7. The molecule has 0 saturated carbocycles. The SMILES string of the molecule is CC(C)(O)[C@H](O)Cc1cn([C@H]2O[C@H](CO)[C@@H](O)[C@H](O)[C@H]2O)c2ccccc12. The summed E-state index contributed by atoms with van der Waals surface area (Å²) in [5.41, 5.74) is 0.142. The Balaban J connectivity index is 2.02. The van der Waals surface area contributed by atoms with Gasteiger partial charge in [0, 0.05) is 18.0 Å². The number of nitrogens with zero attached hydrogens (tertiary/aromatic N) is 1. The van der Waals surface area contributed by atoms with Crippen molar-refractivity contribution in [2.75, 3.05) is 6.61 Å². The van der Waals surface area contributed by atoms with Gasteiger partial charge in [0.1, 0.15) is 24.4 Å². The number of benzene rings is 1. The van der Waals surface area contributed by atoms with Gasteiger partial charge in [-0.2, -0.15) is 0 Å². The molecule has 6 atom stereocenters. The van der Waals surface area contributed by atoms with E-state index in [0.29, 0.717) is 5.52 Å². The summed E-state index contributed by atoms with van der Waals surface area (Å²) in [6, 6.07) is 7.29. The van der Waals surface area contributed by atoms with Crippen LogP contribution in [0.5, 0.6) is 0 Å². The third-order valence-electron chi connectivity index (χ3n) is 5.19. The van der Waals surface area contributed by atoms with E-state index in [2.05, 4.69) is 0 Å². The summed E-state index contributed by atoms with van der Waals surface area (Å²) in [5, 5.41) is 61.0. The van der Waals surface area contributed by atoms with E-state index in [0.717, 1.165) is 10.9 Å². The van der Waals surface area contributed by atoms with Gasteiger partial charge in [-0.3, -0.25) is 0 Å². The maximum Gasteiger partial charge on any atom is 0.163 e. The molecule has 0 bridgehead atoms. The molecule has 150 valence electrons. The van der Waals surface area contributed by atoms with Crippen LogP contribution in [-0.2, 0) is 11.2 Å². The fraction of sp³-hybridized carbons (Fsp3) is 0.579. The molecule has 1 aromatic carbocycles. The Morgan fingerprint density at radius 1 is 1.11 bits per heavy atom. The lowest BCUT2D eigenvalue weighted by Crippen LogP contribution is -2.56. The molecule has 2 aromatic rings. The Kier molecular flexibility index (Phi) is 5.60. The fourth-order valence-electron chi connectivity index (χ4n) is 3.42. The van der Waals surface area contributed by atoms with E-state index in [9.17, 15) is 30.6 Å². The Hall–Kier alpha value is -1.52. The second kappa shape index (κ2) is 7.48. The highest BCUT2D eigenvalue weighted by molar-refractivity contribution is 5.84. The zero-order valence-corrected chi connectivity index (χ0v) is 15.3. The minimum Gasteiger partial charge on any atom is -0.394 e. The molecule has 1 aliphatic rings. The zero-order valence-electron chi connectivity index (χ0n) is 15.3. The minimum atomic E-state index is -1.48. The van der Waals surface area contributed by atoms with Gasteiger partial charge >= 0.3 is 0 Å². The number of hydrogen-bond donors (Lipinski definition) is 6. The summed E-state index contributed by atoms with van der Waals surface area (Å²) in [5.74, 6) is 0. The Labute approximate surface area is 156 Å². The lowest BCUT2D eigenvalue weighted by molar-refractivity contribution is -0.250. The van der Waals surface area contributed by atoms with Crippen LogP contribution in [-0.4, -0.2) is 77.9 Å². The maximum absolute atomic E-state index is 10.4. The molecule has 1 aromatic heterocycles. The molecular weight excluding hydrogens is 354 g/mol. The number of para-hydroxylation sites is 1. The summed E-state index contributed by atoms with van der Waals surface area (Å²) in [6.07, 6.45) is -5.51. The van der Waals surface area contributed by atoms with Crippen LogP contribution >= 0.6 is 0 Å². The van der Waals surface area contributed by atoms with Gasteiger partial charge < -0.3 is 39.9 Å². The first-order valence-electron chi connectivity index (χ1n) is 8.94. The average Bonchev–Trinajstić information content (AvgIpc) is 2.98. The highest BCUT2D eigenvalue weighted by Gasteiger charge is 2.44. The van der Waals surface area contributed by atoms with Crippen molar-refractivity contribution in [2.45, 2.75) is 62.6 Å². The molecule has 8 nitrogen and oxygen atoms in total. The van der Waals surface area contributed by atoms with Crippen molar-refractivity contribution < 1.29 is 35.4 Å². The van der Waals surface area contributed by atoms with E-state index in [-0.39, 0.29) is 6.42 Å². The van der Waals surface area contributed by atoms with Gasteiger partial charge in [-0.05, 0) is 25.5 Å². The second-order valence-electron chi connectivity index (χ2n) is 7.67. The minimum absolute atomic E-state index is 0.175. The van der Waals surface area contributed by atoms with Gasteiger partial charge in [0.05, 0.1) is 23.8 Å². The topological polar surface area (TPSA) is 136 Å². The molecule has 27 heavy (non-hydrogen) atoms. The highest BCUT2D eigenvalue weighted by atomic mass is 16.6. The van der Waals surface area contributed by atoms with Crippen molar-refractivity contribution in [2.24, 2.45) is 0 Å². The Bertz CT molecular complexity index is 782. The first-order valence-corrected chi connectivity index (χ1v) is 8.94. The van der Waals surface area contributed by atoms with Crippen LogP contribution in [0.1, 0.15) is 25.6 Å². The summed E-state index contributed by atoms with van der Waals surface area (Å²) in [7, 11) is 0. The lowest BCUT2D eigenvalue weighted by Gasteiger charge is -2.40. The molecule has 8 heteroatoms. The van der Waals surface area contributed by atoms with Crippen LogP contribution in [0.4, 0.5) is 0 Å². The Morgan fingerprint density at radius 3 is 2.41 bits per heavy atom. The van der Waals surface area contributed by atoms with Crippen LogP contribution in [0.25, 0.3) is 10.9 Å². The number of fused-ring (bicyclic) bond motifs is 1. The molecule has 0 radical (unpaired) electrons. The zero-order chi connectivity index (χ0) is 19.9. The first kappa shape index (κ1) is 20.2. The summed E-state index contributed by atoms with van der Waals surface area (Å²) in [4.78, 5) is 0. The van der Waals surface area contributed by atoms with Gasteiger partial charge in [-0.15, -0.1) is 0 Å². The number of aromatic nitrogens is 1. The van der Waals surface area contributed by atoms with Crippen molar-refractivity contribution >= 4 is 10.9 Å². The van der Waals surface area contributed by atoms with E-state index in [1.54, 1.807) is 22.9 Å². The van der Waals surface area contributed by atoms with E-state index < -0.39 is 49.0 Å². The van der Waals surface area contributed by atoms with Crippen molar-refractivity contribution in [1.82, 2.24) is 4.57 Å². The van der Waals surface area contributed by atoms with Crippen LogP contribution < -0.4 is 0 Å². The van der Waals surface area contributed by atoms with Crippen LogP contribution in [0.3, 0.4) is 0 Å². The molecule has 3 rings (SSSR count). The second-order valence-corrected chi connectivity index (χ2v) is 7.67. The van der Waals surface area contributed by atoms with Crippen molar-refractivity contribution in [3.05, 3.63) is 36.0 Å². The van der Waals surface area contributed by atoms with Gasteiger partial charge in [0.25, 0.3) is 0 Å². The molecule has 1 aliphatic heterocycles. The summed E-state index contributed by atoms with van der Waals surface area (Å²) in [6.45, 7) is 2.54. The standard InChI is InChI=1S/C19H27NO7/c1-19(2,26)14(22)7-10-8-20(12-6-4-3-5-11(10)12)18-17(25)16(24)15(23)13(9-21)27-18/h3-6,8,13-18,21-26H,7,9H2,1-2H3/t13-,14-,15-,16+,17-,18+/m1/s1. The number of aliphatic hydroxyl groups is 6. The largest absolute Gasteiger partial charge is 0.394 e. The summed E-state index contributed by atoms with van der Waals surface area (Å²) < 4.78 is 7.27. The van der Waals surface area contributed by atoms with Crippen LogP contribution in [0.15, 0.2) is 30.5 Å². The van der Waals surface area contributed by atoms with E-state index in [1.165, 1.54) is 13.8 Å². The molecule has 0 spiro atoms. The van der Waals surface area contributed by atoms with Crippen molar-refractivity contribution in [3.8, 4) is 0 Å². The third-order valence-corrected chi connectivity index (χ3v) is 5.19. The molecule has 1 saturated heterocycles. The molecule has 0 aliphatic carbocycles. The number of ether oxygens (including phenoxy) is 1. The molecule has 1 fully saturated rings. The highest BCUT2D eigenvalue weighted by Crippen LogP contribution is 2.34. The quantitative estimate of drug-likeness (QED) is 0.403. The third kappa shape index (κ3) is 3.74. The predicted octanol–water partition coefficient (Wildman–Crippen LogP) is -0.712. The predicted molar refractivity (Wildman–Crippen MR) is 97.0 cm³/mol. The molecule has 6 N–H and O–H groups in total. The van der Waals surface area contributed by atoms with Crippen LogP contribution in [0, 0.1) is 0 Å². The van der Waals surface area contributed by atoms with Crippen molar-refractivity contribution in [1.29, 1.82) is 0 Å². The smallest absolute Gasteiger partial charge is 0.163 e. The fourth-order valence-corrected chi connectivity index (χ4v) is 3.42. The average molecular weight is 381 g/mol. The Morgan fingerprint density at radius 2 is 1.78 bits per heavy atom. The number of hydrogen-bond acceptors (Lipinski definition) is 7. The molecule has 0 unspecified atom stereocenters. The number of rotatable bonds is 5. The van der Waals surface area contributed by atoms with E-state index in [1.807, 2.05) is 12.1 Å². The maximum atomic E-state index is 10.4. The van der Waals surface area contributed by atoms with Crippen LogP contribution in [0.2, 0.25) is 0 Å². The lowest BCUT2D eigenvalue weighted by atomic mass is 9.95. The van der Waals surface area contributed by atoms with Gasteiger partial charge in [-0.1, -0.05) is 18.2 Å². The number of aliphatic hydroxyl groups excluding tert-OH is 5. The monoisotopic (exact) mass is 381 g/mol. The van der Waals surface area contributed by atoms with Gasteiger partial charge in [0.15, 0.2) is 6.23 Å². The van der Waals surface area contributed by atoms with E-state index >= 15 is 0 Å². The molecule has 2 heterocycles. The van der Waals surface area contributed by atoms with Crippen molar-refractivity contribution in [3.63, 3.8) is 0 Å². The summed E-state index contributed by atoms with van der Waals surface area (Å²) >= 11 is 0. The normalized spacial score (nSPS) is 30.6.